The Labute approximate surface area is 216 Å². The Balaban J connectivity index is 0.000000665. The number of aliphatic hydroxyl groups excluding tert-OH is 1. The first-order valence-corrected chi connectivity index (χ1v) is 14.5. The van der Waals surface area contributed by atoms with E-state index in [2.05, 4.69) is 33.9 Å². The molecule has 12 heteroatoms. The molecule has 0 aliphatic rings. The molecule has 2 aromatic carbocycles. The molecule has 2 aromatic rings. The Kier molecular flexibility index (Phi) is 14.2. The smallest absolute Gasteiger partial charge is 0.270 e. The van der Waals surface area contributed by atoms with Crippen LogP contribution in [0, 0.1) is 20.2 Å². The SMILES string of the molecule is CC(C)(C)[Si](C)(C)OCc1cc(CCl)cc([N+](=O)[O-])c1.CF.O=[N+]([O-])c1cc(CO)cc(CCl)c1. The number of nitro benzene ring substituents is 2. The maximum absolute atomic E-state index is 10.9. The highest BCUT2D eigenvalue weighted by molar-refractivity contribution is 6.74. The molecule has 1 N–H and O–H groups in total. The molecule has 0 unspecified atom stereocenters. The zero-order chi connectivity index (χ0) is 27.4. The summed E-state index contributed by atoms with van der Waals surface area (Å²) in [5, 5.41) is 30.2. The summed E-state index contributed by atoms with van der Waals surface area (Å²) < 4.78 is 15.6. The highest BCUT2D eigenvalue weighted by Gasteiger charge is 2.37. The monoisotopic (exact) mass is 550 g/mol. The van der Waals surface area contributed by atoms with Gasteiger partial charge in [0, 0.05) is 36.0 Å². The van der Waals surface area contributed by atoms with E-state index in [9.17, 15) is 24.6 Å². The van der Waals surface area contributed by atoms with Crippen LogP contribution in [-0.4, -0.2) is 30.4 Å². The number of nitrogens with zero attached hydrogens (tertiary/aromatic N) is 2. The number of halogens is 3. The zero-order valence-corrected chi connectivity index (χ0v) is 23.3. The van der Waals surface area contributed by atoms with Crippen molar-refractivity contribution in [3.05, 3.63) is 78.9 Å². The van der Waals surface area contributed by atoms with E-state index in [0.717, 1.165) is 11.1 Å². The van der Waals surface area contributed by atoms with Gasteiger partial charge in [-0.05, 0) is 40.4 Å². The molecule has 0 heterocycles. The van der Waals surface area contributed by atoms with Crippen molar-refractivity contribution in [2.75, 3.05) is 7.18 Å². The molecule has 0 amide bonds. The van der Waals surface area contributed by atoms with Crippen LogP contribution >= 0.6 is 23.2 Å². The van der Waals surface area contributed by atoms with E-state index in [4.69, 9.17) is 32.7 Å². The van der Waals surface area contributed by atoms with Gasteiger partial charge in [-0.15, -0.1) is 23.2 Å². The first-order valence-electron chi connectivity index (χ1n) is 10.5. The second-order valence-corrected chi connectivity index (χ2v) is 14.3. The third-order valence-corrected chi connectivity index (χ3v) is 10.5. The van der Waals surface area contributed by atoms with Crippen molar-refractivity contribution in [2.24, 2.45) is 0 Å². The van der Waals surface area contributed by atoms with Gasteiger partial charge in [0.1, 0.15) is 0 Å². The van der Waals surface area contributed by atoms with E-state index in [1.54, 1.807) is 12.1 Å². The Morgan fingerprint density at radius 2 is 1.23 bits per heavy atom. The lowest BCUT2D eigenvalue weighted by atomic mass is 10.1. The maximum Gasteiger partial charge on any atom is 0.270 e. The minimum Gasteiger partial charge on any atom is -0.413 e. The predicted molar refractivity (Wildman–Crippen MR) is 140 cm³/mol. The predicted octanol–water partition coefficient (Wildman–Crippen LogP) is 7.27. The number of aliphatic hydroxyl groups is 1. The van der Waals surface area contributed by atoms with Gasteiger partial charge in [-0.3, -0.25) is 24.6 Å². The van der Waals surface area contributed by atoms with E-state index in [1.165, 1.54) is 18.2 Å². The third-order valence-electron chi connectivity index (χ3n) is 5.39. The van der Waals surface area contributed by atoms with Crippen LogP contribution in [0.2, 0.25) is 18.1 Å². The maximum atomic E-state index is 10.9. The Bertz CT molecular complexity index is 965. The van der Waals surface area contributed by atoms with Crippen LogP contribution in [0.1, 0.15) is 43.0 Å². The second-order valence-electron chi connectivity index (χ2n) is 9.00. The lowest BCUT2D eigenvalue weighted by molar-refractivity contribution is -0.385. The first-order chi connectivity index (χ1) is 16.2. The van der Waals surface area contributed by atoms with Gasteiger partial charge in [0.2, 0.25) is 0 Å². The molecule has 0 aliphatic carbocycles. The van der Waals surface area contributed by atoms with Crippen molar-refractivity contribution in [2.45, 2.75) is 63.9 Å². The number of hydrogen-bond acceptors (Lipinski definition) is 6. The van der Waals surface area contributed by atoms with Crippen LogP contribution in [0.3, 0.4) is 0 Å². The summed E-state index contributed by atoms with van der Waals surface area (Å²) in [6.07, 6.45) is 0. The van der Waals surface area contributed by atoms with Gasteiger partial charge in [-0.1, -0.05) is 32.9 Å². The Hall–Kier alpha value is -2.11. The standard InChI is InChI=1S/C14H22ClNO3Si.C8H8ClNO3.CH3F/c1-14(2,3)20(4,5)19-10-12-6-11(9-15)7-13(8-12)16(17)18;9-4-6-1-7(5-11)3-8(2-6)10(12)13;1-2/h6-8H,9-10H2,1-5H3;1-3,11H,4-5H2;1H3. The molecule has 0 radical (unpaired) electrons. The van der Waals surface area contributed by atoms with Crippen molar-refractivity contribution >= 4 is 42.9 Å². The molecular weight excluding hydrogens is 518 g/mol. The molecule has 0 atom stereocenters. The zero-order valence-electron chi connectivity index (χ0n) is 20.8. The van der Waals surface area contributed by atoms with Crippen LogP contribution in [0.15, 0.2) is 36.4 Å². The molecule has 0 spiro atoms. The second kappa shape index (κ2) is 15.1. The van der Waals surface area contributed by atoms with E-state index in [0.29, 0.717) is 24.9 Å². The number of nitro groups is 2. The van der Waals surface area contributed by atoms with Crippen LogP contribution < -0.4 is 0 Å². The van der Waals surface area contributed by atoms with Crippen LogP contribution in [-0.2, 0) is 29.4 Å². The Morgan fingerprint density at radius 1 is 0.857 bits per heavy atom. The number of rotatable bonds is 8. The highest BCUT2D eigenvalue weighted by atomic mass is 35.5. The number of hydrogen-bond donors (Lipinski definition) is 1. The lowest BCUT2D eigenvalue weighted by Gasteiger charge is -2.36. The molecule has 2 rings (SSSR count). The quantitative estimate of drug-likeness (QED) is 0.160. The van der Waals surface area contributed by atoms with Gasteiger partial charge >= 0.3 is 0 Å². The first kappa shape index (κ1) is 32.9. The number of alkyl halides is 3. The van der Waals surface area contributed by atoms with Crippen LogP contribution in [0.4, 0.5) is 15.8 Å². The summed E-state index contributed by atoms with van der Waals surface area (Å²) in [6, 6.07) is 9.29. The van der Waals surface area contributed by atoms with Gasteiger partial charge in [0.25, 0.3) is 11.4 Å². The summed E-state index contributed by atoms with van der Waals surface area (Å²) in [6.45, 7) is 11.0. The molecule has 35 heavy (non-hydrogen) atoms. The van der Waals surface area contributed by atoms with Gasteiger partial charge < -0.3 is 9.53 Å². The summed E-state index contributed by atoms with van der Waals surface area (Å²) in [5.74, 6) is 0.462. The summed E-state index contributed by atoms with van der Waals surface area (Å²) in [7, 11) is -1.36. The molecule has 196 valence electrons. The van der Waals surface area contributed by atoms with Crippen molar-refractivity contribution in [3.8, 4) is 0 Å². The molecule has 8 nitrogen and oxygen atoms in total. The number of non-ortho nitro benzene ring substituents is 2. The average molecular weight is 552 g/mol. The van der Waals surface area contributed by atoms with Gasteiger partial charge in [0.05, 0.1) is 30.2 Å². The van der Waals surface area contributed by atoms with Crippen molar-refractivity contribution < 1.29 is 23.8 Å². The average Bonchev–Trinajstić information content (AvgIpc) is 2.83. The van der Waals surface area contributed by atoms with Crippen molar-refractivity contribution in [3.63, 3.8) is 0 Å². The van der Waals surface area contributed by atoms with E-state index < -0.39 is 18.2 Å². The van der Waals surface area contributed by atoms with E-state index >= 15 is 0 Å². The summed E-state index contributed by atoms with van der Waals surface area (Å²) >= 11 is 11.3. The fraction of sp³-hybridized carbons (Fsp3) is 0.478. The molecular formula is C23H33Cl2FN2O6Si. The van der Waals surface area contributed by atoms with Crippen molar-refractivity contribution in [1.82, 2.24) is 0 Å². The number of benzene rings is 2. The molecule has 0 bridgehead atoms. The summed E-state index contributed by atoms with van der Waals surface area (Å²) in [5.41, 5.74) is 2.72. The van der Waals surface area contributed by atoms with Crippen LogP contribution in [0.25, 0.3) is 0 Å². The highest BCUT2D eigenvalue weighted by Crippen LogP contribution is 2.37. The molecule has 0 aromatic heterocycles. The van der Waals surface area contributed by atoms with Crippen LogP contribution in [0.5, 0.6) is 0 Å². The lowest BCUT2D eigenvalue weighted by Crippen LogP contribution is -2.40. The molecule has 0 fully saturated rings. The third kappa shape index (κ3) is 11.0. The Morgan fingerprint density at radius 3 is 1.57 bits per heavy atom. The van der Waals surface area contributed by atoms with Gasteiger partial charge in [-0.25, -0.2) is 0 Å². The van der Waals surface area contributed by atoms with Crippen molar-refractivity contribution in [1.29, 1.82) is 0 Å². The summed E-state index contributed by atoms with van der Waals surface area (Å²) in [4.78, 5) is 20.4. The van der Waals surface area contributed by atoms with E-state index in [1.807, 2.05) is 6.07 Å². The molecule has 0 aliphatic heterocycles. The topological polar surface area (TPSA) is 116 Å². The van der Waals surface area contributed by atoms with Gasteiger partial charge in [-0.2, -0.15) is 0 Å². The normalized spacial score (nSPS) is 11.0. The fourth-order valence-corrected chi connectivity index (χ4v) is 3.78. The molecule has 0 saturated carbocycles. The fourth-order valence-electron chi connectivity index (χ4n) is 2.51. The molecule has 0 saturated heterocycles. The van der Waals surface area contributed by atoms with Gasteiger partial charge in [0.15, 0.2) is 8.32 Å². The van der Waals surface area contributed by atoms with E-state index in [-0.39, 0.29) is 34.8 Å². The minimum absolute atomic E-state index is 0.0396. The minimum atomic E-state index is -1.86. The largest absolute Gasteiger partial charge is 0.413 e.